The third kappa shape index (κ3) is 6.21. The zero-order chi connectivity index (χ0) is 14.3. The highest BCUT2D eigenvalue weighted by atomic mass is 79.9. The number of hydrogen-bond acceptors (Lipinski definition) is 2. The number of carbonyl (C=O) groups excluding carboxylic acids is 1. The molecular formula is C15H23BrN2O. The molecule has 1 aromatic carbocycles. The van der Waals surface area contributed by atoms with Crippen LogP contribution < -0.4 is 11.1 Å². The fourth-order valence-corrected chi connectivity index (χ4v) is 2.23. The Kier molecular flexibility index (Phi) is 7.10. The van der Waals surface area contributed by atoms with E-state index < -0.39 is 0 Å². The fourth-order valence-electron chi connectivity index (χ4n) is 1.97. The molecule has 19 heavy (non-hydrogen) atoms. The van der Waals surface area contributed by atoms with E-state index in [1.807, 2.05) is 26.0 Å². The lowest BCUT2D eigenvalue weighted by Gasteiger charge is -2.17. The molecule has 1 rings (SSSR count). The van der Waals surface area contributed by atoms with E-state index in [0.717, 1.165) is 23.7 Å². The zero-order valence-electron chi connectivity index (χ0n) is 11.7. The summed E-state index contributed by atoms with van der Waals surface area (Å²) >= 11 is 3.42. The molecule has 0 radical (unpaired) electrons. The van der Waals surface area contributed by atoms with E-state index in [4.69, 9.17) is 5.73 Å². The monoisotopic (exact) mass is 326 g/mol. The molecule has 0 saturated carbocycles. The molecule has 1 amide bonds. The lowest BCUT2D eigenvalue weighted by atomic mass is 10.0. The number of benzene rings is 1. The van der Waals surface area contributed by atoms with Gasteiger partial charge in [-0.05, 0) is 50.4 Å². The van der Waals surface area contributed by atoms with E-state index in [1.54, 1.807) is 0 Å². The van der Waals surface area contributed by atoms with Gasteiger partial charge in [0.1, 0.15) is 0 Å². The van der Waals surface area contributed by atoms with Gasteiger partial charge in [0.25, 0.3) is 0 Å². The van der Waals surface area contributed by atoms with Gasteiger partial charge in [-0.15, -0.1) is 0 Å². The van der Waals surface area contributed by atoms with Crippen LogP contribution in [0.25, 0.3) is 0 Å². The van der Waals surface area contributed by atoms with Crippen LogP contribution in [0.2, 0.25) is 0 Å². The van der Waals surface area contributed by atoms with Crippen LogP contribution in [0.4, 0.5) is 0 Å². The van der Waals surface area contributed by atoms with Crippen LogP contribution in [-0.2, 0) is 11.2 Å². The summed E-state index contributed by atoms with van der Waals surface area (Å²) in [6.45, 7) is 4.64. The van der Waals surface area contributed by atoms with Crippen molar-refractivity contribution in [3.8, 4) is 0 Å². The van der Waals surface area contributed by atoms with Gasteiger partial charge in [0, 0.05) is 16.4 Å². The van der Waals surface area contributed by atoms with E-state index in [-0.39, 0.29) is 17.9 Å². The van der Waals surface area contributed by atoms with E-state index in [2.05, 4.69) is 33.4 Å². The lowest BCUT2D eigenvalue weighted by Crippen LogP contribution is -2.37. The van der Waals surface area contributed by atoms with Crippen molar-refractivity contribution in [1.29, 1.82) is 0 Å². The molecule has 0 aliphatic carbocycles. The lowest BCUT2D eigenvalue weighted by molar-refractivity contribution is -0.125. The first-order valence-corrected chi connectivity index (χ1v) is 7.57. The molecular weight excluding hydrogens is 304 g/mol. The standard InChI is InChI=1S/C15H23BrN2O/c1-11(4-3-9-17)15(19)18-12(2)10-13-5-7-14(16)8-6-13/h5-8,11-12H,3-4,9-10,17H2,1-2H3,(H,18,19). The normalized spacial score (nSPS) is 13.9. The number of amides is 1. The average Bonchev–Trinajstić information content (AvgIpc) is 2.38. The molecule has 0 aliphatic heterocycles. The van der Waals surface area contributed by atoms with Crippen LogP contribution in [0.1, 0.15) is 32.3 Å². The molecule has 0 spiro atoms. The van der Waals surface area contributed by atoms with Gasteiger partial charge in [0.05, 0.1) is 0 Å². The number of nitrogens with two attached hydrogens (primary N) is 1. The molecule has 2 unspecified atom stereocenters. The average molecular weight is 327 g/mol. The van der Waals surface area contributed by atoms with Gasteiger partial charge in [-0.1, -0.05) is 35.0 Å². The molecule has 0 aliphatic rings. The van der Waals surface area contributed by atoms with Crippen LogP contribution >= 0.6 is 15.9 Å². The predicted octanol–water partition coefficient (Wildman–Crippen LogP) is 2.87. The first-order chi connectivity index (χ1) is 9.02. The van der Waals surface area contributed by atoms with E-state index >= 15 is 0 Å². The molecule has 0 fully saturated rings. The first-order valence-electron chi connectivity index (χ1n) is 6.77. The minimum atomic E-state index is 0.0379. The van der Waals surface area contributed by atoms with E-state index in [0.29, 0.717) is 6.54 Å². The maximum atomic E-state index is 11.9. The highest BCUT2D eigenvalue weighted by molar-refractivity contribution is 9.10. The van der Waals surface area contributed by atoms with Gasteiger partial charge in [-0.2, -0.15) is 0 Å². The summed E-state index contributed by atoms with van der Waals surface area (Å²) < 4.78 is 1.07. The van der Waals surface area contributed by atoms with Gasteiger partial charge in [0.15, 0.2) is 0 Å². The van der Waals surface area contributed by atoms with Crippen molar-refractivity contribution < 1.29 is 4.79 Å². The Morgan fingerprint density at radius 2 is 1.95 bits per heavy atom. The summed E-state index contributed by atoms with van der Waals surface area (Å²) in [5.41, 5.74) is 6.68. The molecule has 1 aromatic rings. The number of rotatable bonds is 7. The van der Waals surface area contributed by atoms with Crippen molar-refractivity contribution in [3.05, 3.63) is 34.3 Å². The van der Waals surface area contributed by atoms with Gasteiger partial charge in [-0.25, -0.2) is 0 Å². The topological polar surface area (TPSA) is 55.1 Å². The summed E-state index contributed by atoms with van der Waals surface area (Å²) in [5.74, 6) is 0.161. The zero-order valence-corrected chi connectivity index (χ0v) is 13.2. The molecule has 106 valence electrons. The maximum Gasteiger partial charge on any atom is 0.223 e. The molecule has 0 saturated heterocycles. The van der Waals surface area contributed by atoms with Gasteiger partial charge >= 0.3 is 0 Å². The van der Waals surface area contributed by atoms with Crippen LogP contribution in [0.3, 0.4) is 0 Å². The van der Waals surface area contributed by atoms with Crippen molar-refractivity contribution in [2.75, 3.05) is 6.54 Å². The van der Waals surface area contributed by atoms with E-state index in [1.165, 1.54) is 5.56 Å². The Morgan fingerprint density at radius 3 is 2.53 bits per heavy atom. The van der Waals surface area contributed by atoms with Crippen molar-refractivity contribution in [3.63, 3.8) is 0 Å². The Balaban J connectivity index is 2.39. The Morgan fingerprint density at radius 1 is 1.32 bits per heavy atom. The molecule has 3 N–H and O–H groups in total. The predicted molar refractivity (Wildman–Crippen MR) is 82.9 cm³/mol. The molecule has 0 heterocycles. The summed E-state index contributed by atoms with van der Waals surface area (Å²) in [5, 5.41) is 3.06. The highest BCUT2D eigenvalue weighted by Gasteiger charge is 2.14. The Bertz CT molecular complexity index is 392. The fraction of sp³-hybridized carbons (Fsp3) is 0.533. The molecule has 0 aromatic heterocycles. The smallest absolute Gasteiger partial charge is 0.223 e. The number of nitrogens with one attached hydrogen (secondary N) is 1. The number of halogens is 1. The van der Waals surface area contributed by atoms with Crippen LogP contribution in [0, 0.1) is 5.92 Å². The first kappa shape index (κ1) is 16.2. The summed E-state index contributed by atoms with van der Waals surface area (Å²) in [6, 6.07) is 8.34. The van der Waals surface area contributed by atoms with Crippen LogP contribution in [0.15, 0.2) is 28.7 Å². The largest absolute Gasteiger partial charge is 0.353 e. The van der Waals surface area contributed by atoms with Gasteiger partial charge in [0.2, 0.25) is 5.91 Å². The maximum absolute atomic E-state index is 11.9. The van der Waals surface area contributed by atoms with Gasteiger partial charge in [-0.3, -0.25) is 4.79 Å². The minimum Gasteiger partial charge on any atom is -0.353 e. The molecule has 4 heteroatoms. The van der Waals surface area contributed by atoms with Crippen LogP contribution in [-0.4, -0.2) is 18.5 Å². The van der Waals surface area contributed by atoms with E-state index in [9.17, 15) is 4.79 Å². The second kappa shape index (κ2) is 8.33. The second-order valence-corrected chi connectivity index (χ2v) is 5.99. The summed E-state index contributed by atoms with van der Waals surface area (Å²) in [4.78, 5) is 11.9. The third-order valence-corrected chi connectivity index (χ3v) is 3.66. The molecule has 0 bridgehead atoms. The second-order valence-electron chi connectivity index (χ2n) is 5.07. The SMILES string of the molecule is CC(Cc1ccc(Br)cc1)NC(=O)C(C)CCCN. The summed E-state index contributed by atoms with van der Waals surface area (Å²) in [7, 11) is 0. The summed E-state index contributed by atoms with van der Waals surface area (Å²) in [6.07, 6.45) is 2.60. The van der Waals surface area contributed by atoms with Crippen molar-refractivity contribution >= 4 is 21.8 Å². The van der Waals surface area contributed by atoms with Crippen molar-refractivity contribution in [2.24, 2.45) is 11.7 Å². The van der Waals surface area contributed by atoms with Crippen LogP contribution in [0.5, 0.6) is 0 Å². The third-order valence-electron chi connectivity index (χ3n) is 3.13. The quantitative estimate of drug-likeness (QED) is 0.809. The van der Waals surface area contributed by atoms with Crippen molar-refractivity contribution in [2.45, 2.75) is 39.2 Å². The number of hydrogen-bond donors (Lipinski definition) is 2. The van der Waals surface area contributed by atoms with Crippen molar-refractivity contribution in [1.82, 2.24) is 5.32 Å². The Hall–Kier alpha value is -0.870. The molecule has 2 atom stereocenters. The Labute approximate surface area is 124 Å². The molecule has 3 nitrogen and oxygen atoms in total. The minimum absolute atomic E-state index is 0.0379. The number of carbonyl (C=O) groups is 1. The van der Waals surface area contributed by atoms with Gasteiger partial charge < -0.3 is 11.1 Å². The highest BCUT2D eigenvalue weighted by Crippen LogP contribution is 2.12.